The highest BCUT2D eigenvalue weighted by Crippen LogP contribution is 2.25. The summed E-state index contributed by atoms with van der Waals surface area (Å²) >= 11 is 12.0. The number of hydrogen-bond donors (Lipinski definition) is 1. The standard InChI is InChI=1S/C14H17Cl2N3O/c1-10-11(8-17-5-6-20-2)9-18-19(10)12-3-4-13(15)14(16)7-12/h3-4,7,9,17H,5-6,8H2,1-2H3. The first kappa shape index (κ1) is 15.3. The molecule has 0 atom stereocenters. The zero-order chi connectivity index (χ0) is 14.5. The topological polar surface area (TPSA) is 39.1 Å². The number of halogens is 2. The molecule has 0 aliphatic carbocycles. The molecule has 0 spiro atoms. The molecule has 20 heavy (non-hydrogen) atoms. The van der Waals surface area contributed by atoms with Crippen LogP contribution in [0.2, 0.25) is 10.0 Å². The number of methoxy groups -OCH3 is 1. The Hall–Kier alpha value is -1.07. The minimum atomic E-state index is 0.527. The molecule has 0 radical (unpaired) electrons. The largest absolute Gasteiger partial charge is 0.383 e. The summed E-state index contributed by atoms with van der Waals surface area (Å²) in [5.41, 5.74) is 3.13. The maximum atomic E-state index is 6.04. The maximum absolute atomic E-state index is 6.04. The lowest BCUT2D eigenvalue weighted by Crippen LogP contribution is -2.18. The molecule has 0 bridgehead atoms. The Kier molecular flexibility index (Phi) is 5.43. The molecule has 1 N–H and O–H groups in total. The number of benzene rings is 1. The van der Waals surface area contributed by atoms with Crippen LogP contribution in [0.1, 0.15) is 11.3 Å². The summed E-state index contributed by atoms with van der Waals surface area (Å²) in [5.74, 6) is 0. The highest BCUT2D eigenvalue weighted by Gasteiger charge is 2.09. The number of ether oxygens (including phenoxy) is 1. The molecule has 0 aliphatic heterocycles. The van der Waals surface area contributed by atoms with Gasteiger partial charge in [-0.2, -0.15) is 5.10 Å². The van der Waals surface area contributed by atoms with Gasteiger partial charge >= 0.3 is 0 Å². The van der Waals surface area contributed by atoms with E-state index in [-0.39, 0.29) is 0 Å². The highest BCUT2D eigenvalue weighted by atomic mass is 35.5. The first-order valence-corrected chi connectivity index (χ1v) is 7.07. The van der Waals surface area contributed by atoms with Gasteiger partial charge in [0.2, 0.25) is 0 Å². The van der Waals surface area contributed by atoms with Crippen LogP contribution < -0.4 is 5.32 Å². The first-order valence-electron chi connectivity index (χ1n) is 6.32. The molecule has 0 saturated carbocycles. The van der Waals surface area contributed by atoms with Crippen molar-refractivity contribution in [1.29, 1.82) is 0 Å². The van der Waals surface area contributed by atoms with Gasteiger partial charge in [-0.3, -0.25) is 0 Å². The van der Waals surface area contributed by atoms with Gasteiger partial charge in [0.25, 0.3) is 0 Å². The second-order valence-electron chi connectivity index (χ2n) is 4.44. The van der Waals surface area contributed by atoms with Crippen LogP contribution in [0.15, 0.2) is 24.4 Å². The van der Waals surface area contributed by atoms with Crippen molar-refractivity contribution in [1.82, 2.24) is 15.1 Å². The lowest BCUT2D eigenvalue weighted by atomic mass is 10.2. The van der Waals surface area contributed by atoms with Gasteiger partial charge in [0.15, 0.2) is 0 Å². The van der Waals surface area contributed by atoms with Gasteiger partial charge in [0.05, 0.1) is 28.5 Å². The molecule has 0 amide bonds. The lowest BCUT2D eigenvalue weighted by molar-refractivity contribution is 0.199. The Morgan fingerprint density at radius 3 is 2.80 bits per heavy atom. The van der Waals surface area contributed by atoms with Gasteiger partial charge < -0.3 is 10.1 Å². The molecule has 0 aliphatic rings. The van der Waals surface area contributed by atoms with E-state index in [4.69, 9.17) is 27.9 Å². The SMILES string of the molecule is COCCNCc1cnn(-c2ccc(Cl)c(Cl)c2)c1C. The van der Waals surface area contributed by atoms with Gasteiger partial charge in [0.1, 0.15) is 0 Å². The van der Waals surface area contributed by atoms with Crippen LogP contribution in [0.4, 0.5) is 0 Å². The van der Waals surface area contributed by atoms with Crippen LogP contribution in [0, 0.1) is 6.92 Å². The van der Waals surface area contributed by atoms with E-state index >= 15 is 0 Å². The zero-order valence-corrected chi connectivity index (χ0v) is 13.0. The van der Waals surface area contributed by atoms with Crippen molar-refractivity contribution >= 4 is 23.2 Å². The minimum absolute atomic E-state index is 0.527. The lowest BCUT2D eigenvalue weighted by Gasteiger charge is -2.07. The van der Waals surface area contributed by atoms with Gasteiger partial charge in [-0.25, -0.2) is 4.68 Å². The number of aromatic nitrogens is 2. The normalized spacial score (nSPS) is 11.0. The molecule has 4 nitrogen and oxygen atoms in total. The molecule has 2 aromatic rings. The van der Waals surface area contributed by atoms with Crippen LogP contribution >= 0.6 is 23.2 Å². The monoisotopic (exact) mass is 313 g/mol. The quantitative estimate of drug-likeness (QED) is 0.832. The van der Waals surface area contributed by atoms with Gasteiger partial charge in [0, 0.05) is 31.5 Å². The smallest absolute Gasteiger partial charge is 0.0664 e. The van der Waals surface area contributed by atoms with E-state index in [9.17, 15) is 0 Å². The van der Waals surface area contributed by atoms with Gasteiger partial charge in [-0.05, 0) is 25.1 Å². The molecular weight excluding hydrogens is 297 g/mol. The summed E-state index contributed by atoms with van der Waals surface area (Å²) in [4.78, 5) is 0. The molecule has 0 fully saturated rings. The van der Waals surface area contributed by atoms with Gasteiger partial charge in [-0.1, -0.05) is 23.2 Å². The van der Waals surface area contributed by atoms with Crippen molar-refractivity contribution in [2.24, 2.45) is 0 Å². The summed E-state index contributed by atoms with van der Waals surface area (Å²) in [7, 11) is 1.69. The zero-order valence-electron chi connectivity index (χ0n) is 11.5. The second-order valence-corrected chi connectivity index (χ2v) is 5.25. The molecule has 2 rings (SSSR count). The van der Waals surface area contributed by atoms with Crippen LogP contribution in [0.5, 0.6) is 0 Å². The fourth-order valence-corrected chi connectivity index (χ4v) is 2.18. The van der Waals surface area contributed by atoms with Crippen molar-refractivity contribution in [3.8, 4) is 5.69 Å². The van der Waals surface area contributed by atoms with E-state index in [2.05, 4.69) is 10.4 Å². The molecule has 108 valence electrons. The first-order chi connectivity index (χ1) is 9.63. The predicted octanol–water partition coefficient (Wildman–Crippen LogP) is 3.22. The average molecular weight is 314 g/mol. The molecule has 6 heteroatoms. The Balaban J connectivity index is 2.13. The van der Waals surface area contributed by atoms with Gasteiger partial charge in [-0.15, -0.1) is 0 Å². The molecule has 1 heterocycles. The Bertz CT molecular complexity index is 584. The number of rotatable bonds is 6. The molecule has 1 aromatic carbocycles. The molecular formula is C14H17Cl2N3O. The maximum Gasteiger partial charge on any atom is 0.0664 e. The van der Waals surface area contributed by atoms with Crippen molar-refractivity contribution in [3.05, 3.63) is 45.7 Å². The van der Waals surface area contributed by atoms with E-state index in [0.717, 1.165) is 30.0 Å². The van der Waals surface area contributed by atoms with Crippen LogP contribution in [-0.4, -0.2) is 30.0 Å². The van der Waals surface area contributed by atoms with Crippen LogP contribution in [0.25, 0.3) is 5.69 Å². The Labute approximate surface area is 128 Å². The van der Waals surface area contributed by atoms with Crippen molar-refractivity contribution in [3.63, 3.8) is 0 Å². The fourth-order valence-electron chi connectivity index (χ4n) is 1.89. The average Bonchev–Trinajstić information content (AvgIpc) is 2.80. The Morgan fingerprint density at radius 2 is 2.10 bits per heavy atom. The van der Waals surface area contributed by atoms with E-state index in [0.29, 0.717) is 16.7 Å². The Morgan fingerprint density at radius 1 is 1.30 bits per heavy atom. The molecule has 0 saturated heterocycles. The third-order valence-corrected chi connectivity index (χ3v) is 3.80. The van der Waals surface area contributed by atoms with E-state index < -0.39 is 0 Å². The summed E-state index contributed by atoms with van der Waals surface area (Å²) in [6.07, 6.45) is 1.86. The second kappa shape index (κ2) is 7.09. The van der Waals surface area contributed by atoms with E-state index in [1.165, 1.54) is 0 Å². The molecule has 0 unspecified atom stereocenters. The van der Waals surface area contributed by atoms with Crippen LogP contribution in [0.3, 0.4) is 0 Å². The summed E-state index contributed by atoms with van der Waals surface area (Å²) < 4.78 is 6.86. The third-order valence-electron chi connectivity index (χ3n) is 3.06. The predicted molar refractivity (Wildman–Crippen MR) is 81.9 cm³/mol. The fraction of sp³-hybridized carbons (Fsp3) is 0.357. The van der Waals surface area contributed by atoms with Crippen molar-refractivity contribution in [2.45, 2.75) is 13.5 Å². The number of nitrogens with one attached hydrogen (secondary N) is 1. The summed E-state index contributed by atoms with van der Waals surface area (Å²) in [6.45, 7) is 4.30. The van der Waals surface area contributed by atoms with Crippen molar-refractivity contribution in [2.75, 3.05) is 20.3 Å². The summed E-state index contributed by atoms with van der Waals surface area (Å²) in [6, 6.07) is 5.49. The molecule has 1 aromatic heterocycles. The van der Waals surface area contributed by atoms with Crippen LogP contribution in [-0.2, 0) is 11.3 Å². The van der Waals surface area contributed by atoms with E-state index in [1.807, 2.05) is 29.9 Å². The van der Waals surface area contributed by atoms with Crippen molar-refractivity contribution < 1.29 is 4.74 Å². The minimum Gasteiger partial charge on any atom is -0.383 e. The third kappa shape index (κ3) is 3.52. The number of hydrogen-bond acceptors (Lipinski definition) is 3. The number of nitrogens with zero attached hydrogens (tertiary/aromatic N) is 2. The highest BCUT2D eigenvalue weighted by molar-refractivity contribution is 6.42. The summed E-state index contributed by atoms with van der Waals surface area (Å²) in [5, 5.41) is 8.77. The van der Waals surface area contributed by atoms with E-state index in [1.54, 1.807) is 13.2 Å².